The summed E-state index contributed by atoms with van der Waals surface area (Å²) in [6, 6.07) is 5.30. The molecule has 176 valence electrons. The molecule has 1 N–H and O–H groups in total. The summed E-state index contributed by atoms with van der Waals surface area (Å²) < 4.78 is 104. The van der Waals surface area contributed by atoms with E-state index in [-0.39, 0.29) is 17.9 Å². The molecule has 0 aliphatic carbocycles. The van der Waals surface area contributed by atoms with Crippen molar-refractivity contribution in [3.05, 3.63) is 75.2 Å². The Balaban J connectivity index is 1.91. The second kappa shape index (κ2) is 8.75. The Morgan fingerprint density at radius 2 is 1.52 bits per heavy atom. The largest absolute Gasteiger partial charge is 0.489 e. The average Bonchev–Trinajstić information content (AvgIpc) is 3.07. The number of alkyl halides is 3. The number of ether oxygens (including phenoxy) is 1. The van der Waals surface area contributed by atoms with Crippen LogP contribution in [0.25, 0.3) is 0 Å². The molecule has 1 heterocycles. The van der Waals surface area contributed by atoms with E-state index in [0.717, 1.165) is 11.1 Å². The topological polar surface area (TPSA) is 64.4 Å². The number of aromatic nitrogens is 1. The van der Waals surface area contributed by atoms with Crippen LogP contribution in [0.5, 0.6) is 5.75 Å². The van der Waals surface area contributed by atoms with Gasteiger partial charge in [-0.2, -0.15) is 13.2 Å². The van der Waals surface area contributed by atoms with Crippen LogP contribution in [0.3, 0.4) is 0 Å². The van der Waals surface area contributed by atoms with Crippen molar-refractivity contribution in [3.8, 4) is 5.75 Å². The van der Waals surface area contributed by atoms with E-state index in [1.165, 1.54) is 12.2 Å². The minimum absolute atomic E-state index is 0.0420. The number of carbonyl (C=O) groups is 1. The molecule has 3 rings (SSSR count). The lowest BCUT2D eigenvalue weighted by Crippen LogP contribution is -2.21. The molecule has 0 saturated heterocycles. The van der Waals surface area contributed by atoms with Gasteiger partial charge in [-0.1, -0.05) is 11.2 Å². The number of aryl methyl sites for hydroxylation is 3. The number of halogens is 7. The standard InChI is InChI=1S/C21H15F7N2O3/c1-8-4-9(2)6-11(5-8)32-7-12-10(3)33-30-18(12)20(31)29-19-16(24)14(22)13(21(26,27)28)15(23)17(19)25/h4-6H,7H2,1-3H3,(H,29,31). The fraction of sp³-hybridized carbons (Fsp3) is 0.238. The molecule has 3 aromatic rings. The number of rotatable bonds is 5. The lowest BCUT2D eigenvalue weighted by Gasteiger charge is -2.14. The van der Waals surface area contributed by atoms with E-state index in [4.69, 9.17) is 9.26 Å². The third-order valence-electron chi connectivity index (χ3n) is 4.56. The third-order valence-corrected chi connectivity index (χ3v) is 4.56. The minimum Gasteiger partial charge on any atom is -0.489 e. The number of carbonyl (C=O) groups excluding carboxylic acids is 1. The first-order valence-corrected chi connectivity index (χ1v) is 9.22. The normalized spacial score (nSPS) is 11.6. The molecule has 0 saturated carbocycles. The summed E-state index contributed by atoms with van der Waals surface area (Å²) in [7, 11) is 0. The summed E-state index contributed by atoms with van der Waals surface area (Å²) in [5, 5.41) is 4.95. The Morgan fingerprint density at radius 3 is 2.03 bits per heavy atom. The highest BCUT2D eigenvalue weighted by molar-refractivity contribution is 6.04. The maximum atomic E-state index is 14.1. The number of nitrogens with zero attached hydrogens (tertiary/aromatic N) is 1. The molecule has 0 fully saturated rings. The highest BCUT2D eigenvalue weighted by Crippen LogP contribution is 2.38. The maximum absolute atomic E-state index is 14.1. The van der Waals surface area contributed by atoms with Crippen LogP contribution in [0.2, 0.25) is 0 Å². The molecule has 0 unspecified atom stereocenters. The van der Waals surface area contributed by atoms with Crippen LogP contribution in [0.4, 0.5) is 36.4 Å². The number of hydrogen-bond acceptors (Lipinski definition) is 4. The van der Waals surface area contributed by atoms with Crippen LogP contribution >= 0.6 is 0 Å². The molecule has 2 aromatic carbocycles. The SMILES string of the molecule is Cc1cc(C)cc(OCc2c(C(=O)Nc3c(F)c(F)c(C(F)(F)F)c(F)c3F)noc2C)c1. The number of nitrogens with one attached hydrogen (secondary N) is 1. The van der Waals surface area contributed by atoms with Crippen molar-refractivity contribution in [1.29, 1.82) is 0 Å². The van der Waals surface area contributed by atoms with Gasteiger partial charge in [0.25, 0.3) is 5.91 Å². The number of benzene rings is 2. The Morgan fingerprint density at radius 1 is 0.970 bits per heavy atom. The molecule has 1 aromatic heterocycles. The van der Waals surface area contributed by atoms with Crippen molar-refractivity contribution in [2.24, 2.45) is 0 Å². The summed E-state index contributed by atoms with van der Waals surface area (Å²) >= 11 is 0. The van der Waals surface area contributed by atoms with E-state index in [1.807, 2.05) is 19.9 Å². The third kappa shape index (κ3) is 4.78. The summed E-state index contributed by atoms with van der Waals surface area (Å²) in [4.78, 5) is 12.5. The lowest BCUT2D eigenvalue weighted by atomic mass is 10.1. The molecule has 5 nitrogen and oxygen atoms in total. The van der Waals surface area contributed by atoms with E-state index in [0.29, 0.717) is 5.75 Å². The Labute approximate surface area is 182 Å². The first-order chi connectivity index (χ1) is 15.3. The molecule has 0 aliphatic rings. The van der Waals surface area contributed by atoms with Crippen LogP contribution in [0, 0.1) is 44.0 Å². The smallest absolute Gasteiger partial charge is 0.422 e. The molecule has 0 atom stereocenters. The van der Waals surface area contributed by atoms with Crippen molar-refractivity contribution in [3.63, 3.8) is 0 Å². The highest BCUT2D eigenvalue weighted by atomic mass is 19.4. The lowest BCUT2D eigenvalue weighted by molar-refractivity contribution is -0.143. The van der Waals surface area contributed by atoms with Gasteiger partial charge in [0.1, 0.15) is 29.4 Å². The number of hydrogen-bond donors (Lipinski definition) is 1. The summed E-state index contributed by atoms with van der Waals surface area (Å²) in [5.41, 5.74) is -3.22. The molecule has 0 bridgehead atoms. The number of anilines is 1. The van der Waals surface area contributed by atoms with Gasteiger partial charge in [0.15, 0.2) is 29.0 Å². The first kappa shape index (κ1) is 24.1. The van der Waals surface area contributed by atoms with Crippen molar-refractivity contribution in [1.82, 2.24) is 5.16 Å². The molecular weight excluding hydrogens is 461 g/mol. The van der Waals surface area contributed by atoms with Crippen LogP contribution in [-0.2, 0) is 12.8 Å². The second-order valence-corrected chi connectivity index (χ2v) is 7.14. The van der Waals surface area contributed by atoms with E-state index in [1.54, 1.807) is 12.1 Å². The Hall–Kier alpha value is -3.57. The predicted octanol–water partition coefficient (Wildman–Crippen LogP) is 6.01. The van der Waals surface area contributed by atoms with Crippen molar-refractivity contribution in [2.45, 2.75) is 33.6 Å². The summed E-state index contributed by atoms with van der Waals surface area (Å²) in [6.45, 7) is 4.79. The van der Waals surface area contributed by atoms with E-state index in [2.05, 4.69) is 5.16 Å². The minimum atomic E-state index is -5.71. The van der Waals surface area contributed by atoms with Gasteiger partial charge in [0.2, 0.25) is 0 Å². The van der Waals surface area contributed by atoms with Crippen molar-refractivity contribution < 1.29 is 44.8 Å². The van der Waals surface area contributed by atoms with Gasteiger partial charge >= 0.3 is 6.18 Å². The molecule has 12 heteroatoms. The van der Waals surface area contributed by atoms with Gasteiger partial charge in [0, 0.05) is 0 Å². The van der Waals surface area contributed by atoms with E-state index in [9.17, 15) is 35.5 Å². The summed E-state index contributed by atoms with van der Waals surface area (Å²) in [6.07, 6.45) is -5.71. The zero-order valence-corrected chi connectivity index (χ0v) is 17.3. The van der Waals surface area contributed by atoms with Crippen LogP contribution < -0.4 is 10.1 Å². The Bertz CT molecular complexity index is 1190. The van der Waals surface area contributed by atoms with Crippen LogP contribution in [0.15, 0.2) is 22.7 Å². The van der Waals surface area contributed by atoms with Gasteiger partial charge in [-0.3, -0.25) is 4.79 Å². The second-order valence-electron chi connectivity index (χ2n) is 7.14. The molecule has 0 spiro atoms. The molecule has 1 amide bonds. The number of amides is 1. The van der Waals surface area contributed by atoms with Gasteiger partial charge in [-0.25, -0.2) is 17.6 Å². The van der Waals surface area contributed by atoms with Crippen molar-refractivity contribution in [2.75, 3.05) is 5.32 Å². The molecule has 0 radical (unpaired) electrons. The fourth-order valence-electron chi connectivity index (χ4n) is 3.07. The van der Waals surface area contributed by atoms with Gasteiger partial charge in [-0.15, -0.1) is 0 Å². The first-order valence-electron chi connectivity index (χ1n) is 9.22. The quantitative estimate of drug-likeness (QED) is 0.362. The van der Waals surface area contributed by atoms with Crippen LogP contribution in [-0.4, -0.2) is 11.1 Å². The monoisotopic (exact) mass is 476 g/mol. The summed E-state index contributed by atoms with van der Waals surface area (Å²) in [5.74, 6) is -11.1. The fourth-order valence-corrected chi connectivity index (χ4v) is 3.07. The zero-order valence-electron chi connectivity index (χ0n) is 17.3. The van der Waals surface area contributed by atoms with E-state index >= 15 is 0 Å². The predicted molar refractivity (Wildman–Crippen MR) is 101 cm³/mol. The molecular formula is C21H15F7N2O3. The molecule has 0 aliphatic heterocycles. The van der Waals surface area contributed by atoms with Gasteiger partial charge in [0.05, 0.1) is 5.56 Å². The average molecular weight is 476 g/mol. The van der Waals surface area contributed by atoms with Gasteiger partial charge in [-0.05, 0) is 44.0 Å². The molecule has 33 heavy (non-hydrogen) atoms. The zero-order chi connectivity index (χ0) is 24.7. The van der Waals surface area contributed by atoms with E-state index < -0.39 is 52.3 Å². The highest BCUT2D eigenvalue weighted by Gasteiger charge is 2.42. The van der Waals surface area contributed by atoms with Crippen LogP contribution in [0.1, 0.15) is 38.5 Å². The van der Waals surface area contributed by atoms with Crippen molar-refractivity contribution >= 4 is 11.6 Å². The van der Waals surface area contributed by atoms with Gasteiger partial charge < -0.3 is 14.6 Å². The maximum Gasteiger partial charge on any atom is 0.422 e. The Kier molecular flexibility index (Phi) is 6.39.